The Hall–Kier alpha value is -1.85. The summed E-state index contributed by atoms with van der Waals surface area (Å²) in [4.78, 5) is 2.23. The van der Waals surface area contributed by atoms with Gasteiger partial charge in [-0.1, -0.05) is 17.7 Å². The van der Waals surface area contributed by atoms with Gasteiger partial charge in [-0.15, -0.1) is 0 Å². The van der Waals surface area contributed by atoms with Crippen LogP contribution in [0.3, 0.4) is 0 Å². The molecule has 3 aromatic rings. The highest BCUT2D eigenvalue weighted by molar-refractivity contribution is 6.35. The molecule has 0 amide bonds. The zero-order chi connectivity index (χ0) is 14.8. The summed E-state index contributed by atoms with van der Waals surface area (Å²) in [6.45, 7) is 2.54. The molecule has 5 nitrogen and oxygen atoms in total. The molecule has 6 heteroatoms. The number of benzene rings is 1. The first-order valence-corrected chi connectivity index (χ1v) is 7.29. The number of halogens is 1. The minimum Gasteiger partial charge on any atom is -0.299 e. The molecule has 3 rings (SSSR count). The van der Waals surface area contributed by atoms with Gasteiger partial charge in [0.25, 0.3) is 0 Å². The molecular formula is C15H18ClN5. The Bertz CT molecular complexity index is 732. The third kappa shape index (κ3) is 2.94. The summed E-state index contributed by atoms with van der Waals surface area (Å²) in [5.74, 6) is 0. The minimum atomic E-state index is 0.760. The van der Waals surface area contributed by atoms with Gasteiger partial charge in [0, 0.05) is 37.9 Å². The molecule has 0 aliphatic heterocycles. The second kappa shape index (κ2) is 5.87. The van der Waals surface area contributed by atoms with Crippen LogP contribution in [0.1, 0.15) is 5.69 Å². The number of fused-ring (bicyclic) bond motifs is 1. The lowest BCUT2D eigenvalue weighted by Gasteiger charge is -2.15. The molecular weight excluding hydrogens is 286 g/mol. The van der Waals surface area contributed by atoms with Crippen molar-refractivity contribution >= 4 is 22.5 Å². The summed E-state index contributed by atoms with van der Waals surface area (Å²) in [5, 5.41) is 10.6. The van der Waals surface area contributed by atoms with E-state index >= 15 is 0 Å². The molecule has 110 valence electrons. The summed E-state index contributed by atoms with van der Waals surface area (Å²) in [5.41, 5.74) is 2.08. The van der Waals surface area contributed by atoms with Crippen molar-refractivity contribution in [3.05, 3.63) is 47.4 Å². The van der Waals surface area contributed by atoms with E-state index < -0.39 is 0 Å². The standard InChI is InChI=1S/C15H18ClN5/c1-19(9-10-21-8-4-7-17-21)11-13-15-12(16)5-3-6-14(15)20(2)18-13/h3-8H,9-11H2,1-2H3. The molecule has 0 saturated heterocycles. The van der Waals surface area contributed by atoms with E-state index in [0.29, 0.717) is 0 Å². The van der Waals surface area contributed by atoms with Crippen LogP contribution in [0.4, 0.5) is 0 Å². The molecule has 0 radical (unpaired) electrons. The van der Waals surface area contributed by atoms with Crippen LogP contribution in [0.25, 0.3) is 10.9 Å². The van der Waals surface area contributed by atoms with Gasteiger partial charge in [0.15, 0.2) is 0 Å². The van der Waals surface area contributed by atoms with Crippen molar-refractivity contribution in [1.82, 2.24) is 24.5 Å². The number of hydrogen-bond acceptors (Lipinski definition) is 3. The first-order chi connectivity index (χ1) is 10.1. The molecule has 0 aliphatic carbocycles. The maximum absolute atomic E-state index is 6.33. The molecule has 0 N–H and O–H groups in total. The summed E-state index contributed by atoms with van der Waals surface area (Å²) in [6.07, 6.45) is 3.77. The molecule has 0 unspecified atom stereocenters. The van der Waals surface area contributed by atoms with Gasteiger partial charge in [-0.3, -0.25) is 14.3 Å². The maximum atomic E-state index is 6.33. The molecule has 0 atom stereocenters. The largest absolute Gasteiger partial charge is 0.299 e. The zero-order valence-electron chi connectivity index (χ0n) is 12.2. The lowest BCUT2D eigenvalue weighted by Crippen LogP contribution is -2.23. The van der Waals surface area contributed by atoms with E-state index in [1.165, 1.54) is 0 Å². The van der Waals surface area contributed by atoms with Gasteiger partial charge >= 0.3 is 0 Å². The number of nitrogens with zero attached hydrogens (tertiary/aromatic N) is 5. The van der Waals surface area contributed by atoms with Crippen molar-refractivity contribution in [2.75, 3.05) is 13.6 Å². The van der Waals surface area contributed by atoms with Crippen LogP contribution in [0.2, 0.25) is 5.02 Å². The van der Waals surface area contributed by atoms with E-state index in [1.807, 2.05) is 46.9 Å². The summed E-state index contributed by atoms with van der Waals surface area (Å²) in [6, 6.07) is 7.85. The summed E-state index contributed by atoms with van der Waals surface area (Å²) < 4.78 is 3.82. The Morgan fingerprint density at radius 3 is 2.90 bits per heavy atom. The fourth-order valence-electron chi connectivity index (χ4n) is 2.50. The minimum absolute atomic E-state index is 0.760. The average molecular weight is 304 g/mol. The first-order valence-electron chi connectivity index (χ1n) is 6.91. The predicted molar refractivity (Wildman–Crippen MR) is 84.3 cm³/mol. The van der Waals surface area contributed by atoms with E-state index in [2.05, 4.69) is 22.1 Å². The van der Waals surface area contributed by atoms with Crippen molar-refractivity contribution in [3.8, 4) is 0 Å². The van der Waals surface area contributed by atoms with Gasteiger partial charge in [0.2, 0.25) is 0 Å². The highest BCUT2D eigenvalue weighted by atomic mass is 35.5. The van der Waals surface area contributed by atoms with Crippen molar-refractivity contribution in [2.45, 2.75) is 13.1 Å². The third-order valence-corrected chi connectivity index (χ3v) is 3.90. The fourth-order valence-corrected chi connectivity index (χ4v) is 2.78. The van der Waals surface area contributed by atoms with E-state index in [-0.39, 0.29) is 0 Å². The van der Waals surface area contributed by atoms with Crippen molar-refractivity contribution in [2.24, 2.45) is 7.05 Å². The molecule has 0 bridgehead atoms. The SMILES string of the molecule is CN(CCn1cccn1)Cc1nn(C)c2cccc(Cl)c12. The normalized spacial score (nSPS) is 11.6. The van der Waals surface area contributed by atoms with Gasteiger partial charge in [-0.25, -0.2) is 0 Å². The van der Waals surface area contributed by atoms with E-state index in [9.17, 15) is 0 Å². The predicted octanol–water partition coefficient (Wildman–Crippen LogP) is 2.56. The molecule has 2 heterocycles. The monoisotopic (exact) mass is 303 g/mol. The Labute approximate surface area is 128 Å². The van der Waals surface area contributed by atoms with Crippen LogP contribution in [-0.4, -0.2) is 38.1 Å². The second-order valence-electron chi connectivity index (χ2n) is 5.21. The number of hydrogen-bond donors (Lipinski definition) is 0. The van der Waals surface area contributed by atoms with Crippen LogP contribution >= 0.6 is 11.6 Å². The van der Waals surface area contributed by atoms with Crippen LogP contribution in [0.15, 0.2) is 36.7 Å². The van der Waals surface area contributed by atoms with Crippen LogP contribution in [0, 0.1) is 0 Å². The van der Waals surface area contributed by atoms with Gasteiger partial charge in [-0.05, 0) is 25.2 Å². The van der Waals surface area contributed by atoms with Gasteiger partial charge < -0.3 is 0 Å². The summed E-state index contributed by atoms with van der Waals surface area (Å²) in [7, 11) is 4.03. The Kier molecular flexibility index (Phi) is 3.94. The summed E-state index contributed by atoms with van der Waals surface area (Å²) >= 11 is 6.33. The zero-order valence-corrected chi connectivity index (χ0v) is 13.0. The van der Waals surface area contributed by atoms with Crippen molar-refractivity contribution < 1.29 is 0 Å². The quantitative estimate of drug-likeness (QED) is 0.727. The molecule has 0 spiro atoms. The number of likely N-dealkylation sites (N-methyl/N-ethyl adjacent to an activating group) is 1. The molecule has 21 heavy (non-hydrogen) atoms. The average Bonchev–Trinajstić information content (AvgIpc) is 3.07. The van der Waals surface area contributed by atoms with E-state index in [1.54, 1.807) is 6.20 Å². The fraction of sp³-hybridized carbons (Fsp3) is 0.333. The smallest absolute Gasteiger partial charge is 0.0858 e. The lowest BCUT2D eigenvalue weighted by molar-refractivity contribution is 0.302. The Morgan fingerprint density at radius 1 is 1.29 bits per heavy atom. The van der Waals surface area contributed by atoms with E-state index in [0.717, 1.165) is 41.3 Å². The maximum Gasteiger partial charge on any atom is 0.0858 e. The first kappa shape index (κ1) is 14.1. The van der Waals surface area contributed by atoms with E-state index in [4.69, 9.17) is 11.6 Å². The van der Waals surface area contributed by atoms with Crippen molar-refractivity contribution in [3.63, 3.8) is 0 Å². The molecule has 1 aromatic carbocycles. The van der Waals surface area contributed by atoms with Crippen LogP contribution < -0.4 is 0 Å². The highest BCUT2D eigenvalue weighted by Crippen LogP contribution is 2.26. The highest BCUT2D eigenvalue weighted by Gasteiger charge is 2.13. The molecule has 0 fully saturated rings. The number of aryl methyl sites for hydroxylation is 1. The molecule has 0 saturated carbocycles. The number of aromatic nitrogens is 4. The van der Waals surface area contributed by atoms with Crippen LogP contribution in [-0.2, 0) is 20.1 Å². The van der Waals surface area contributed by atoms with Gasteiger partial charge in [0.05, 0.1) is 22.8 Å². The van der Waals surface area contributed by atoms with Gasteiger partial charge in [0.1, 0.15) is 0 Å². The van der Waals surface area contributed by atoms with Crippen LogP contribution in [0.5, 0.6) is 0 Å². The lowest BCUT2D eigenvalue weighted by atomic mass is 10.2. The Balaban J connectivity index is 1.75. The molecule has 2 aromatic heterocycles. The van der Waals surface area contributed by atoms with Gasteiger partial charge in [-0.2, -0.15) is 10.2 Å². The molecule has 0 aliphatic rings. The number of rotatable bonds is 5. The second-order valence-corrected chi connectivity index (χ2v) is 5.62. The third-order valence-electron chi connectivity index (χ3n) is 3.59. The Morgan fingerprint density at radius 2 is 2.14 bits per heavy atom. The topological polar surface area (TPSA) is 38.9 Å². The van der Waals surface area contributed by atoms with Crippen molar-refractivity contribution in [1.29, 1.82) is 0 Å².